The first-order valence-corrected chi connectivity index (χ1v) is 15.2. The molecule has 7 rings (SSSR count). The van der Waals surface area contributed by atoms with Crippen molar-refractivity contribution in [2.24, 2.45) is 11.3 Å². The maximum atomic E-state index is 7.57. The summed E-state index contributed by atoms with van der Waals surface area (Å²) in [5, 5.41) is 2.54. The lowest BCUT2D eigenvalue weighted by atomic mass is 9.58. The predicted octanol–water partition coefficient (Wildman–Crippen LogP) is 6.44. The van der Waals surface area contributed by atoms with Crippen LogP contribution in [-0.2, 0) is 14.2 Å². The molecule has 1 aromatic carbocycles. The number of aromatic nitrogens is 1. The van der Waals surface area contributed by atoms with Crippen molar-refractivity contribution in [3.8, 4) is 0 Å². The summed E-state index contributed by atoms with van der Waals surface area (Å²) < 4.78 is 18.5. The molecule has 3 heterocycles. The highest BCUT2D eigenvalue weighted by Crippen LogP contribution is 2.69. The molecule has 5 nitrogen and oxygen atoms in total. The molecule has 0 radical (unpaired) electrons. The zero-order chi connectivity index (χ0) is 26.7. The van der Waals surface area contributed by atoms with Gasteiger partial charge in [-0.15, -0.1) is 0 Å². The molecular weight excluding hydrogens is 484 g/mol. The molecule has 39 heavy (non-hydrogen) atoms. The van der Waals surface area contributed by atoms with E-state index in [1.165, 1.54) is 41.2 Å². The van der Waals surface area contributed by atoms with Crippen molar-refractivity contribution in [3.05, 3.63) is 65.5 Å². The molecule has 0 N–H and O–H groups in total. The van der Waals surface area contributed by atoms with Gasteiger partial charge in [-0.1, -0.05) is 31.2 Å². The molecule has 2 bridgehead atoms. The van der Waals surface area contributed by atoms with Gasteiger partial charge in [0.1, 0.15) is 0 Å². The van der Waals surface area contributed by atoms with Crippen LogP contribution in [-0.4, -0.2) is 67.7 Å². The van der Waals surface area contributed by atoms with Crippen LogP contribution in [0.15, 0.2) is 60.0 Å². The Kier molecular flexibility index (Phi) is 6.50. The van der Waals surface area contributed by atoms with Gasteiger partial charge in [-0.3, -0.25) is 9.88 Å². The van der Waals surface area contributed by atoms with Crippen molar-refractivity contribution in [3.63, 3.8) is 0 Å². The van der Waals surface area contributed by atoms with Gasteiger partial charge in [0, 0.05) is 51.1 Å². The van der Waals surface area contributed by atoms with E-state index in [1.54, 1.807) is 19.8 Å². The highest BCUT2D eigenvalue weighted by Gasteiger charge is 2.66. The molecule has 208 valence electrons. The zero-order valence-corrected chi connectivity index (χ0v) is 24.0. The Hall–Kier alpha value is -2.05. The second kappa shape index (κ2) is 9.80. The monoisotopic (exact) mass is 528 g/mol. The van der Waals surface area contributed by atoms with E-state index in [1.807, 2.05) is 12.4 Å². The van der Waals surface area contributed by atoms with Crippen LogP contribution in [0.3, 0.4) is 0 Å². The number of allylic oxidation sites excluding steroid dienone is 1. The lowest BCUT2D eigenvalue weighted by Gasteiger charge is -2.55. The van der Waals surface area contributed by atoms with Crippen LogP contribution in [0.25, 0.3) is 10.8 Å². The molecule has 6 atom stereocenters. The van der Waals surface area contributed by atoms with Crippen molar-refractivity contribution in [1.82, 2.24) is 9.88 Å². The van der Waals surface area contributed by atoms with E-state index in [4.69, 9.17) is 14.2 Å². The number of pyridine rings is 1. The number of hydrogen-bond donors (Lipinski definition) is 0. The van der Waals surface area contributed by atoms with Crippen molar-refractivity contribution >= 4 is 10.8 Å². The van der Waals surface area contributed by atoms with Crippen LogP contribution in [0.2, 0.25) is 0 Å². The SMILES string of the molecule is COCCN(CCOC)[C@@H]1CCC2=CC3=CC[C@]4(C)[C@@H](c5ccc6ccncc6c5)CC[C@H]4[C@@]34CC[C@]2(C1)O4. The number of ether oxygens (including phenoxy) is 3. The first-order valence-electron chi connectivity index (χ1n) is 15.2. The van der Waals surface area contributed by atoms with Gasteiger partial charge in [0.25, 0.3) is 0 Å². The quantitative estimate of drug-likeness (QED) is 0.395. The van der Waals surface area contributed by atoms with Crippen LogP contribution in [0, 0.1) is 11.3 Å². The van der Waals surface area contributed by atoms with Crippen molar-refractivity contribution in [2.45, 2.75) is 81.5 Å². The molecule has 2 saturated carbocycles. The molecular formula is C34H44N2O3. The summed E-state index contributed by atoms with van der Waals surface area (Å²) in [6.45, 7) is 6.01. The summed E-state index contributed by atoms with van der Waals surface area (Å²) in [6, 6.07) is 9.73. The van der Waals surface area contributed by atoms with E-state index in [0.717, 1.165) is 58.4 Å². The lowest BCUT2D eigenvalue weighted by molar-refractivity contribution is -0.141. The highest BCUT2D eigenvalue weighted by molar-refractivity contribution is 5.82. The van der Waals surface area contributed by atoms with Crippen LogP contribution >= 0.6 is 0 Å². The average Bonchev–Trinajstić information content (AvgIpc) is 3.47. The summed E-state index contributed by atoms with van der Waals surface area (Å²) in [6.07, 6.45) is 18.5. The third kappa shape index (κ3) is 3.99. The second-order valence-corrected chi connectivity index (χ2v) is 13.1. The second-order valence-electron chi connectivity index (χ2n) is 13.1. The van der Waals surface area contributed by atoms with Crippen molar-refractivity contribution < 1.29 is 14.2 Å². The Bertz CT molecular complexity index is 1300. The minimum atomic E-state index is -0.116. The normalized spacial score (nSPS) is 36.9. The van der Waals surface area contributed by atoms with Crippen LogP contribution in [0.5, 0.6) is 0 Å². The Labute approximate surface area is 233 Å². The fourth-order valence-electron chi connectivity index (χ4n) is 9.46. The third-order valence-corrected chi connectivity index (χ3v) is 11.4. The fourth-order valence-corrected chi connectivity index (χ4v) is 9.46. The highest BCUT2D eigenvalue weighted by atomic mass is 16.5. The van der Waals surface area contributed by atoms with E-state index < -0.39 is 0 Å². The first kappa shape index (κ1) is 25.9. The molecule has 1 saturated heterocycles. The molecule has 3 fully saturated rings. The summed E-state index contributed by atoms with van der Waals surface area (Å²) >= 11 is 0. The van der Waals surface area contributed by atoms with E-state index in [2.05, 4.69) is 53.2 Å². The minimum Gasteiger partial charge on any atom is -0.383 e. The summed E-state index contributed by atoms with van der Waals surface area (Å²) in [5.41, 5.74) is 4.56. The number of methoxy groups -OCH3 is 2. The molecule has 2 aromatic rings. The maximum absolute atomic E-state index is 7.57. The van der Waals surface area contributed by atoms with Gasteiger partial charge in [0.15, 0.2) is 0 Å². The van der Waals surface area contributed by atoms with Crippen LogP contribution in [0.4, 0.5) is 0 Å². The number of hydrogen-bond acceptors (Lipinski definition) is 5. The summed E-state index contributed by atoms with van der Waals surface area (Å²) in [4.78, 5) is 7.00. The first-order chi connectivity index (χ1) is 19.0. The zero-order valence-electron chi connectivity index (χ0n) is 24.0. The fraction of sp³-hybridized carbons (Fsp3) is 0.618. The Morgan fingerprint density at radius 1 is 1.03 bits per heavy atom. The van der Waals surface area contributed by atoms with E-state index in [-0.39, 0.29) is 16.6 Å². The maximum Gasteiger partial charge on any atom is 0.0974 e. The number of benzene rings is 1. The van der Waals surface area contributed by atoms with Gasteiger partial charge in [-0.05, 0) is 103 Å². The summed E-state index contributed by atoms with van der Waals surface area (Å²) in [7, 11) is 3.61. The van der Waals surface area contributed by atoms with E-state index >= 15 is 0 Å². The molecule has 0 amide bonds. The van der Waals surface area contributed by atoms with E-state index in [0.29, 0.717) is 17.9 Å². The topological polar surface area (TPSA) is 43.8 Å². The smallest absolute Gasteiger partial charge is 0.0974 e. The summed E-state index contributed by atoms with van der Waals surface area (Å²) in [5.74, 6) is 1.12. The molecule has 5 heteroatoms. The van der Waals surface area contributed by atoms with E-state index in [9.17, 15) is 0 Å². The van der Waals surface area contributed by atoms with Crippen LogP contribution < -0.4 is 0 Å². The molecule has 3 aliphatic carbocycles. The van der Waals surface area contributed by atoms with Gasteiger partial charge in [-0.2, -0.15) is 0 Å². The van der Waals surface area contributed by atoms with Crippen molar-refractivity contribution in [2.75, 3.05) is 40.5 Å². The number of nitrogens with zero attached hydrogens (tertiary/aromatic N) is 2. The van der Waals surface area contributed by atoms with Gasteiger partial charge < -0.3 is 14.2 Å². The van der Waals surface area contributed by atoms with Gasteiger partial charge in [0.2, 0.25) is 0 Å². The number of rotatable bonds is 8. The Morgan fingerprint density at radius 2 is 1.87 bits per heavy atom. The Balaban J connectivity index is 1.18. The largest absolute Gasteiger partial charge is 0.383 e. The lowest BCUT2D eigenvalue weighted by Crippen LogP contribution is -2.55. The van der Waals surface area contributed by atoms with Crippen LogP contribution in [0.1, 0.15) is 69.8 Å². The minimum absolute atomic E-state index is 0.0936. The Morgan fingerprint density at radius 3 is 2.69 bits per heavy atom. The van der Waals surface area contributed by atoms with Crippen molar-refractivity contribution in [1.29, 1.82) is 0 Å². The van der Waals surface area contributed by atoms with Gasteiger partial charge >= 0.3 is 0 Å². The number of fused-ring (bicyclic) bond motifs is 2. The molecule has 2 aliphatic heterocycles. The molecule has 2 spiro atoms. The van der Waals surface area contributed by atoms with Gasteiger partial charge in [-0.25, -0.2) is 0 Å². The molecule has 0 unspecified atom stereocenters. The average molecular weight is 529 g/mol. The molecule has 5 aliphatic rings. The van der Waals surface area contributed by atoms with Gasteiger partial charge in [0.05, 0.1) is 24.4 Å². The standard InChI is InChI=1S/C34H44N2O3/c1-32-12-10-28-21-27-6-7-29(36(16-18-37-2)17-19-38-3)22-33(27)13-14-34(28,39-33)31(32)9-8-30(32)25-5-4-24-11-15-35-23-26(24)20-25/h4-5,10-11,15,20-21,23,29-31H,6-9,12-14,16-19,22H2,1-3H3/t29-,30-,31-,32-,33-,34-/m1/s1. The predicted molar refractivity (Wildman–Crippen MR) is 155 cm³/mol. The third-order valence-electron chi connectivity index (χ3n) is 11.4. The molecule has 1 aromatic heterocycles.